The summed E-state index contributed by atoms with van der Waals surface area (Å²) >= 11 is 1.23. The molecule has 1 aliphatic rings. The van der Waals surface area contributed by atoms with Crippen LogP contribution < -0.4 is 10.1 Å². The van der Waals surface area contributed by atoms with Crippen LogP contribution in [-0.2, 0) is 11.3 Å². The van der Waals surface area contributed by atoms with E-state index in [0.717, 1.165) is 16.5 Å². The van der Waals surface area contributed by atoms with Crippen molar-refractivity contribution in [2.24, 2.45) is 4.99 Å². The molecule has 0 unspecified atom stereocenters. The second-order valence-electron chi connectivity index (χ2n) is 6.06. The van der Waals surface area contributed by atoms with Gasteiger partial charge in [-0.05, 0) is 53.7 Å². The monoisotopic (exact) mass is 393 g/mol. The molecule has 7 heteroatoms. The van der Waals surface area contributed by atoms with Crippen LogP contribution in [-0.4, -0.2) is 23.2 Å². The number of ether oxygens (including phenoxy) is 1. The Labute approximate surface area is 165 Å². The molecular weight excluding hydrogens is 377 g/mol. The van der Waals surface area contributed by atoms with Crippen LogP contribution in [0.1, 0.15) is 11.1 Å². The quantitative estimate of drug-likeness (QED) is 0.677. The average molecular weight is 393 g/mol. The van der Waals surface area contributed by atoms with E-state index in [-0.39, 0.29) is 12.5 Å². The SMILES string of the molecule is COc1cccc(F)c1CN=C1NC(=O)C(=Cc2ccc3ncccc3c2)S1. The Morgan fingerprint density at radius 1 is 1.25 bits per heavy atom. The predicted octanol–water partition coefficient (Wildman–Crippen LogP) is 4.14. The fourth-order valence-corrected chi connectivity index (χ4v) is 3.69. The van der Waals surface area contributed by atoms with Gasteiger partial charge in [0.25, 0.3) is 5.91 Å². The van der Waals surface area contributed by atoms with Crippen molar-refractivity contribution in [1.29, 1.82) is 0 Å². The summed E-state index contributed by atoms with van der Waals surface area (Å²) in [5.74, 6) is -0.187. The highest BCUT2D eigenvalue weighted by Crippen LogP contribution is 2.28. The summed E-state index contributed by atoms with van der Waals surface area (Å²) in [5.41, 5.74) is 2.15. The molecule has 1 amide bonds. The van der Waals surface area contributed by atoms with E-state index in [9.17, 15) is 9.18 Å². The van der Waals surface area contributed by atoms with Crippen molar-refractivity contribution >= 4 is 39.8 Å². The molecule has 5 nitrogen and oxygen atoms in total. The molecule has 2 heterocycles. The molecule has 1 saturated heterocycles. The average Bonchev–Trinajstić information content (AvgIpc) is 3.06. The normalized spacial score (nSPS) is 16.7. The Bertz CT molecular complexity index is 1130. The van der Waals surface area contributed by atoms with Gasteiger partial charge >= 0.3 is 0 Å². The van der Waals surface area contributed by atoms with Gasteiger partial charge in [-0.15, -0.1) is 0 Å². The van der Waals surface area contributed by atoms with E-state index >= 15 is 0 Å². The number of pyridine rings is 1. The van der Waals surface area contributed by atoms with Gasteiger partial charge in [-0.2, -0.15) is 0 Å². The first kappa shape index (κ1) is 18.2. The molecule has 28 heavy (non-hydrogen) atoms. The van der Waals surface area contributed by atoms with E-state index in [1.54, 1.807) is 24.4 Å². The minimum absolute atomic E-state index is 0.0768. The smallest absolute Gasteiger partial charge is 0.264 e. The Morgan fingerprint density at radius 2 is 2.14 bits per heavy atom. The molecule has 1 aliphatic heterocycles. The van der Waals surface area contributed by atoms with E-state index in [1.165, 1.54) is 24.9 Å². The minimum atomic E-state index is -0.390. The van der Waals surface area contributed by atoms with Crippen molar-refractivity contribution in [3.05, 3.63) is 76.6 Å². The Hall–Kier alpha value is -3.19. The molecule has 140 valence electrons. The largest absolute Gasteiger partial charge is 0.496 e. The van der Waals surface area contributed by atoms with Gasteiger partial charge < -0.3 is 10.1 Å². The van der Waals surface area contributed by atoms with Gasteiger partial charge in [0.2, 0.25) is 0 Å². The highest BCUT2D eigenvalue weighted by atomic mass is 32.2. The van der Waals surface area contributed by atoms with Crippen LogP contribution in [0.25, 0.3) is 17.0 Å². The molecule has 0 saturated carbocycles. The number of aromatic nitrogens is 1. The Kier molecular flexibility index (Phi) is 5.08. The summed E-state index contributed by atoms with van der Waals surface area (Å²) < 4.78 is 19.2. The van der Waals surface area contributed by atoms with Gasteiger partial charge in [-0.25, -0.2) is 4.39 Å². The number of nitrogens with one attached hydrogen (secondary N) is 1. The molecule has 2 aromatic carbocycles. The van der Waals surface area contributed by atoms with Crippen LogP contribution in [0.2, 0.25) is 0 Å². The number of amides is 1. The van der Waals surface area contributed by atoms with Crippen molar-refractivity contribution in [3.63, 3.8) is 0 Å². The second kappa shape index (κ2) is 7.82. The number of fused-ring (bicyclic) bond motifs is 1. The zero-order valence-corrected chi connectivity index (χ0v) is 15.8. The van der Waals surface area contributed by atoms with Gasteiger partial charge in [0.15, 0.2) is 5.17 Å². The highest BCUT2D eigenvalue weighted by Gasteiger charge is 2.24. The van der Waals surface area contributed by atoms with E-state index in [0.29, 0.717) is 21.4 Å². The maximum absolute atomic E-state index is 14.0. The molecule has 0 aliphatic carbocycles. The maximum atomic E-state index is 14.0. The van der Waals surface area contributed by atoms with Crippen LogP contribution in [0.4, 0.5) is 4.39 Å². The number of hydrogen-bond donors (Lipinski definition) is 1. The number of amidine groups is 1. The number of nitrogens with zero attached hydrogens (tertiary/aromatic N) is 2. The van der Waals surface area contributed by atoms with E-state index < -0.39 is 5.82 Å². The summed E-state index contributed by atoms with van der Waals surface area (Å²) in [5, 5.41) is 4.15. The Morgan fingerprint density at radius 3 is 3.00 bits per heavy atom. The lowest BCUT2D eigenvalue weighted by Crippen LogP contribution is -2.19. The van der Waals surface area contributed by atoms with Crippen LogP contribution in [0.15, 0.2) is 64.6 Å². The fourth-order valence-electron chi connectivity index (χ4n) is 2.87. The van der Waals surface area contributed by atoms with Crippen LogP contribution in [0.5, 0.6) is 5.75 Å². The number of hydrogen-bond acceptors (Lipinski definition) is 5. The number of carbonyl (C=O) groups excluding carboxylic acids is 1. The number of benzene rings is 2. The number of thioether (sulfide) groups is 1. The van der Waals surface area contributed by atoms with Gasteiger partial charge in [0.05, 0.1) is 29.6 Å². The first-order chi connectivity index (χ1) is 13.6. The van der Waals surface area contributed by atoms with Gasteiger partial charge in [0.1, 0.15) is 11.6 Å². The molecule has 0 spiro atoms. The topological polar surface area (TPSA) is 63.6 Å². The third-order valence-corrected chi connectivity index (χ3v) is 5.20. The fraction of sp³-hybridized carbons (Fsp3) is 0.0952. The second-order valence-corrected chi connectivity index (χ2v) is 7.09. The zero-order valence-electron chi connectivity index (χ0n) is 15.0. The number of carbonyl (C=O) groups is 1. The lowest BCUT2D eigenvalue weighted by Gasteiger charge is -2.07. The number of methoxy groups -OCH3 is 1. The lowest BCUT2D eigenvalue weighted by atomic mass is 10.1. The van der Waals surface area contributed by atoms with Gasteiger partial charge in [0, 0.05) is 11.6 Å². The molecule has 0 bridgehead atoms. The molecule has 1 N–H and O–H groups in total. The van der Waals surface area contributed by atoms with Gasteiger partial charge in [-0.1, -0.05) is 18.2 Å². The lowest BCUT2D eigenvalue weighted by molar-refractivity contribution is -0.115. The maximum Gasteiger partial charge on any atom is 0.264 e. The third-order valence-electron chi connectivity index (χ3n) is 4.25. The summed E-state index contributed by atoms with van der Waals surface area (Å²) in [4.78, 5) is 21.4. The summed E-state index contributed by atoms with van der Waals surface area (Å²) in [7, 11) is 1.48. The molecule has 3 aromatic rings. The van der Waals surface area contributed by atoms with Crippen LogP contribution >= 0.6 is 11.8 Å². The van der Waals surface area contributed by atoms with Crippen molar-refractivity contribution in [2.75, 3.05) is 7.11 Å². The number of rotatable bonds is 4. The summed E-state index contributed by atoms with van der Waals surface area (Å²) in [6.07, 6.45) is 3.55. The number of aliphatic imine (C=N–C) groups is 1. The van der Waals surface area contributed by atoms with Crippen LogP contribution in [0, 0.1) is 5.82 Å². The van der Waals surface area contributed by atoms with Crippen molar-refractivity contribution in [2.45, 2.75) is 6.54 Å². The molecule has 0 radical (unpaired) electrons. The first-order valence-electron chi connectivity index (χ1n) is 8.55. The number of halogens is 1. The van der Waals surface area contributed by atoms with Crippen molar-refractivity contribution < 1.29 is 13.9 Å². The first-order valence-corrected chi connectivity index (χ1v) is 9.37. The summed E-state index contributed by atoms with van der Waals surface area (Å²) in [6.45, 7) is 0.0768. The highest BCUT2D eigenvalue weighted by molar-refractivity contribution is 8.18. The molecule has 4 rings (SSSR count). The molecule has 0 atom stereocenters. The Balaban J connectivity index is 1.55. The van der Waals surface area contributed by atoms with Gasteiger partial charge in [-0.3, -0.25) is 14.8 Å². The van der Waals surface area contributed by atoms with Crippen molar-refractivity contribution in [1.82, 2.24) is 10.3 Å². The molecule has 1 aromatic heterocycles. The van der Waals surface area contributed by atoms with Crippen LogP contribution in [0.3, 0.4) is 0 Å². The predicted molar refractivity (Wildman–Crippen MR) is 110 cm³/mol. The zero-order chi connectivity index (χ0) is 19.5. The minimum Gasteiger partial charge on any atom is -0.496 e. The summed E-state index contributed by atoms with van der Waals surface area (Å²) in [6, 6.07) is 14.3. The molecule has 1 fully saturated rings. The van der Waals surface area contributed by atoms with E-state index in [4.69, 9.17) is 4.74 Å². The van der Waals surface area contributed by atoms with E-state index in [1.807, 2.05) is 30.3 Å². The van der Waals surface area contributed by atoms with Crippen molar-refractivity contribution in [3.8, 4) is 5.75 Å². The standard InChI is InChI=1S/C21H16FN3O2S/c1-27-18-6-2-5-16(22)15(18)12-24-21-25-20(26)19(28-21)11-13-7-8-17-14(10-13)4-3-9-23-17/h2-11H,12H2,1H3,(H,24,25,26). The third kappa shape index (κ3) is 3.75. The van der Waals surface area contributed by atoms with E-state index in [2.05, 4.69) is 15.3 Å². The molecular formula is C21H16FN3O2S.